The van der Waals surface area contributed by atoms with E-state index in [0.717, 1.165) is 17.0 Å². The number of aryl methyl sites for hydroxylation is 1. The molecule has 36 heavy (non-hydrogen) atoms. The number of halogens is 4. The van der Waals surface area contributed by atoms with Crippen molar-refractivity contribution in [2.24, 2.45) is 0 Å². The maximum Gasteiger partial charge on any atom is 0.422 e. The first-order valence-electron chi connectivity index (χ1n) is 10.5. The lowest BCUT2D eigenvalue weighted by atomic mass is 10.2. The normalized spacial score (nSPS) is 11.6. The Kier molecular flexibility index (Phi) is 7.02. The highest BCUT2D eigenvalue weighted by Gasteiger charge is 2.30. The van der Waals surface area contributed by atoms with Crippen molar-refractivity contribution < 1.29 is 36.9 Å². The SMILES string of the molecule is COc1ccc(F)c2c1cc(C)n2CCNc1cc(-c2cc(OCC(F)(F)F)c(C(=O)O)s2)ncn1. The van der Waals surface area contributed by atoms with Crippen molar-refractivity contribution in [1.29, 1.82) is 0 Å². The number of carboxylic acids is 1. The standard InChI is InChI=1S/C23H20F4N4O4S/c1-12-7-13-16(34-2)4-3-14(24)20(13)31(12)6-5-28-19-8-15(29-11-30-19)18-9-17(21(36-18)22(32)33)35-10-23(25,26)27/h3-4,7-9,11H,5-6,10H2,1-2H3,(H,32,33)(H,28,29,30). The highest BCUT2D eigenvalue weighted by molar-refractivity contribution is 7.17. The molecule has 1 aromatic carbocycles. The summed E-state index contributed by atoms with van der Waals surface area (Å²) in [7, 11) is 1.52. The zero-order valence-corrected chi connectivity index (χ0v) is 19.8. The Morgan fingerprint density at radius 2 is 1.97 bits per heavy atom. The van der Waals surface area contributed by atoms with Gasteiger partial charge in [-0.15, -0.1) is 11.3 Å². The summed E-state index contributed by atoms with van der Waals surface area (Å²) in [4.78, 5) is 19.6. The van der Waals surface area contributed by atoms with Crippen molar-refractivity contribution in [2.75, 3.05) is 25.6 Å². The Hall–Kier alpha value is -3.87. The van der Waals surface area contributed by atoms with Gasteiger partial charge in [0.1, 0.15) is 29.5 Å². The highest BCUT2D eigenvalue weighted by Crippen LogP contribution is 2.37. The lowest BCUT2D eigenvalue weighted by Gasteiger charge is -2.11. The van der Waals surface area contributed by atoms with E-state index in [0.29, 0.717) is 46.1 Å². The van der Waals surface area contributed by atoms with E-state index in [1.165, 1.54) is 31.6 Å². The lowest BCUT2D eigenvalue weighted by Crippen LogP contribution is -2.19. The van der Waals surface area contributed by atoms with Crippen LogP contribution in [0, 0.1) is 12.7 Å². The molecule has 0 bridgehead atoms. The second-order valence-corrected chi connectivity index (χ2v) is 8.73. The number of fused-ring (bicyclic) bond motifs is 1. The quantitative estimate of drug-likeness (QED) is 0.284. The van der Waals surface area contributed by atoms with Crippen LogP contribution in [-0.2, 0) is 6.54 Å². The van der Waals surface area contributed by atoms with E-state index >= 15 is 0 Å². The average molecular weight is 524 g/mol. The molecule has 4 aromatic rings. The summed E-state index contributed by atoms with van der Waals surface area (Å²) >= 11 is 0.743. The van der Waals surface area contributed by atoms with Gasteiger partial charge in [-0.05, 0) is 25.1 Å². The summed E-state index contributed by atoms with van der Waals surface area (Å²) in [5.74, 6) is -1.21. The van der Waals surface area contributed by atoms with Crippen molar-refractivity contribution in [1.82, 2.24) is 14.5 Å². The number of thiophene rings is 1. The van der Waals surface area contributed by atoms with E-state index in [2.05, 4.69) is 20.0 Å². The van der Waals surface area contributed by atoms with Crippen molar-refractivity contribution >= 4 is 34.0 Å². The maximum absolute atomic E-state index is 14.5. The molecule has 0 aliphatic rings. The summed E-state index contributed by atoms with van der Waals surface area (Å²) in [5, 5.41) is 13.1. The van der Waals surface area contributed by atoms with Crippen LogP contribution in [0.2, 0.25) is 0 Å². The van der Waals surface area contributed by atoms with Crippen LogP contribution in [0.25, 0.3) is 21.5 Å². The second kappa shape index (κ2) is 10.0. The third-order valence-electron chi connectivity index (χ3n) is 5.24. The number of methoxy groups -OCH3 is 1. The molecule has 0 radical (unpaired) electrons. The van der Waals surface area contributed by atoms with Gasteiger partial charge in [0, 0.05) is 36.3 Å². The monoisotopic (exact) mass is 524 g/mol. The molecule has 0 saturated carbocycles. The van der Waals surface area contributed by atoms with E-state index in [-0.39, 0.29) is 16.4 Å². The number of alkyl halides is 3. The lowest BCUT2D eigenvalue weighted by molar-refractivity contribution is -0.153. The van der Waals surface area contributed by atoms with Crippen LogP contribution >= 0.6 is 11.3 Å². The number of hydrogen-bond donors (Lipinski definition) is 2. The zero-order chi connectivity index (χ0) is 26.0. The number of rotatable bonds is 9. The van der Waals surface area contributed by atoms with Gasteiger partial charge in [0.05, 0.1) is 23.2 Å². The van der Waals surface area contributed by atoms with Crippen LogP contribution in [0.4, 0.5) is 23.4 Å². The van der Waals surface area contributed by atoms with Crippen LogP contribution < -0.4 is 14.8 Å². The maximum atomic E-state index is 14.5. The molecule has 8 nitrogen and oxygen atoms in total. The first-order chi connectivity index (χ1) is 17.1. The Labute approximate surface area is 206 Å². The molecule has 0 unspecified atom stereocenters. The molecule has 4 rings (SSSR count). The number of nitrogens with one attached hydrogen (secondary N) is 1. The number of carboxylic acid groups (broad SMARTS) is 1. The van der Waals surface area contributed by atoms with Gasteiger partial charge in [-0.3, -0.25) is 0 Å². The number of ether oxygens (including phenoxy) is 2. The molecule has 2 N–H and O–H groups in total. The van der Waals surface area contributed by atoms with E-state index in [9.17, 15) is 27.5 Å². The summed E-state index contributed by atoms with van der Waals surface area (Å²) in [5.41, 5.74) is 1.56. The number of aromatic carboxylic acids is 1. The fourth-order valence-corrected chi connectivity index (χ4v) is 4.61. The van der Waals surface area contributed by atoms with Crippen LogP contribution in [0.5, 0.6) is 11.5 Å². The molecule has 0 fully saturated rings. The van der Waals surface area contributed by atoms with Gasteiger partial charge in [-0.1, -0.05) is 0 Å². The minimum absolute atomic E-state index is 0.302. The van der Waals surface area contributed by atoms with Gasteiger partial charge < -0.3 is 24.5 Å². The average Bonchev–Trinajstić information content (AvgIpc) is 3.40. The highest BCUT2D eigenvalue weighted by atomic mass is 32.1. The minimum Gasteiger partial charge on any atom is -0.496 e. The molecule has 3 aromatic heterocycles. The van der Waals surface area contributed by atoms with Crippen molar-refractivity contribution in [3.8, 4) is 22.1 Å². The van der Waals surface area contributed by atoms with Gasteiger partial charge >= 0.3 is 12.1 Å². The smallest absolute Gasteiger partial charge is 0.422 e. The Morgan fingerprint density at radius 3 is 2.67 bits per heavy atom. The van der Waals surface area contributed by atoms with E-state index < -0.39 is 18.8 Å². The first kappa shape index (κ1) is 25.2. The van der Waals surface area contributed by atoms with E-state index in [4.69, 9.17) is 4.74 Å². The van der Waals surface area contributed by atoms with Gasteiger partial charge in [0.25, 0.3) is 0 Å². The Morgan fingerprint density at radius 1 is 1.19 bits per heavy atom. The summed E-state index contributed by atoms with van der Waals surface area (Å²) in [6.07, 6.45) is -3.36. The molecule has 13 heteroatoms. The molecule has 3 heterocycles. The van der Waals surface area contributed by atoms with Gasteiger partial charge in [0.15, 0.2) is 11.5 Å². The number of aromatic nitrogens is 3. The van der Waals surface area contributed by atoms with Crippen molar-refractivity contribution in [3.05, 3.63) is 53.0 Å². The Bertz CT molecular complexity index is 1420. The molecule has 0 amide bonds. The largest absolute Gasteiger partial charge is 0.496 e. The first-order valence-corrected chi connectivity index (χ1v) is 11.3. The molecule has 190 valence electrons. The van der Waals surface area contributed by atoms with Crippen LogP contribution in [0.1, 0.15) is 15.4 Å². The van der Waals surface area contributed by atoms with Crippen LogP contribution in [0.15, 0.2) is 36.7 Å². The summed E-state index contributed by atoms with van der Waals surface area (Å²) in [6, 6.07) is 7.50. The van der Waals surface area contributed by atoms with Gasteiger partial charge in [-0.25, -0.2) is 19.2 Å². The fourth-order valence-electron chi connectivity index (χ4n) is 3.71. The summed E-state index contributed by atoms with van der Waals surface area (Å²) < 4.78 is 63.9. The van der Waals surface area contributed by atoms with E-state index in [1.54, 1.807) is 6.07 Å². The predicted octanol–water partition coefficient (Wildman–Crippen LogP) is 5.37. The minimum atomic E-state index is -4.61. The molecular formula is C23H20F4N4O4S. The summed E-state index contributed by atoms with van der Waals surface area (Å²) in [6.45, 7) is 1.01. The van der Waals surface area contributed by atoms with Crippen LogP contribution in [0.3, 0.4) is 0 Å². The number of hydrogen-bond acceptors (Lipinski definition) is 7. The molecular weight excluding hydrogens is 504 g/mol. The van der Waals surface area contributed by atoms with Gasteiger partial charge in [0.2, 0.25) is 0 Å². The van der Waals surface area contributed by atoms with Gasteiger partial charge in [-0.2, -0.15) is 13.2 Å². The molecule has 0 atom stereocenters. The van der Waals surface area contributed by atoms with E-state index in [1.807, 2.05) is 17.6 Å². The fraction of sp³-hybridized carbons (Fsp3) is 0.261. The molecule has 0 spiro atoms. The number of carbonyl (C=O) groups is 1. The molecule has 0 saturated heterocycles. The second-order valence-electron chi connectivity index (χ2n) is 7.68. The van der Waals surface area contributed by atoms with Crippen LogP contribution in [-0.4, -0.2) is 52.0 Å². The number of benzene rings is 1. The topological polar surface area (TPSA) is 98.5 Å². The third kappa shape index (κ3) is 5.35. The Balaban J connectivity index is 1.51. The number of anilines is 1. The van der Waals surface area contributed by atoms with Crippen molar-refractivity contribution in [2.45, 2.75) is 19.6 Å². The molecule has 0 aliphatic carbocycles. The predicted molar refractivity (Wildman–Crippen MR) is 126 cm³/mol. The zero-order valence-electron chi connectivity index (χ0n) is 19.0. The molecule has 0 aliphatic heterocycles. The number of nitrogens with zero attached hydrogens (tertiary/aromatic N) is 3. The van der Waals surface area contributed by atoms with Crippen molar-refractivity contribution in [3.63, 3.8) is 0 Å². The third-order valence-corrected chi connectivity index (χ3v) is 6.37.